The average Bonchev–Trinajstić information content (AvgIpc) is 2.26. The number of hydrogen-bond acceptors (Lipinski definition) is 2. The van der Waals surface area contributed by atoms with Crippen LogP contribution in [0.25, 0.3) is 0 Å². The molecule has 0 radical (unpaired) electrons. The van der Waals surface area contributed by atoms with Crippen LogP contribution in [0.4, 0.5) is 0 Å². The third kappa shape index (κ3) is 5.15. The second-order valence-corrected chi connectivity index (χ2v) is 12.6. The molecule has 20 heavy (non-hydrogen) atoms. The van der Waals surface area contributed by atoms with E-state index < -0.39 is 8.32 Å². The molecule has 0 heterocycles. The highest BCUT2D eigenvalue weighted by atomic mass is 28.4. The van der Waals surface area contributed by atoms with Crippen molar-refractivity contribution in [3.05, 3.63) is 11.5 Å². The molecule has 1 rings (SSSR count). The van der Waals surface area contributed by atoms with Crippen LogP contribution < -0.4 is 0 Å². The summed E-state index contributed by atoms with van der Waals surface area (Å²) in [5, 5.41) is 0. The van der Waals surface area contributed by atoms with Gasteiger partial charge in [-0.25, -0.2) is 0 Å². The van der Waals surface area contributed by atoms with Crippen LogP contribution >= 0.6 is 0 Å². The van der Waals surface area contributed by atoms with Crippen LogP contribution in [0.5, 0.6) is 0 Å². The minimum absolute atomic E-state index is 0.317. The summed E-state index contributed by atoms with van der Waals surface area (Å²) in [6, 6.07) is 0. The van der Waals surface area contributed by atoms with Gasteiger partial charge in [-0.2, -0.15) is 0 Å². The molecule has 0 spiro atoms. The maximum atomic E-state index is 6.27. The number of rotatable bonds is 5. The van der Waals surface area contributed by atoms with E-state index in [-0.39, 0.29) is 0 Å². The van der Waals surface area contributed by atoms with Crippen molar-refractivity contribution in [1.29, 1.82) is 0 Å². The third-order valence-corrected chi connectivity index (χ3v) is 5.24. The quantitative estimate of drug-likeness (QED) is 0.478. The van der Waals surface area contributed by atoms with Crippen LogP contribution in [0.3, 0.4) is 0 Å². The topological polar surface area (TPSA) is 18.5 Å². The molecule has 2 nitrogen and oxygen atoms in total. The first kappa shape index (κ1) is 17.6. The first-order chi connectivity index (χ1) is 9.03. The summed E-state index contributed by atoms with van der Waals surface area (Å²) in [7, 11) is -1.61. The number of allylic oxidation sites excluding steroid dienone is 1. The highest BCUT2D eigenvalue weighted by Crippen LogP contribution is 2.43. The normalized spacial score (nSPS) is 27.4. The van der Waals surface area contributed by atoms with E-state index in [2.05, 4.69) is 54.3 Å². The van der Waals surface area contributed by atoms with E-state index in [4.69, 9.17) is 9.16 Å². The monoisotopic (exact) mass is 298 g/mol. The summed E-state index contributed by atoms with van der Waals surface area (Å²) >= 11 is 0. The summed E-state index contributed by atoms with van der Waals surface area (Å²) in [6.45, 7) is 17.9. The van der Waals surface area contributed by atoms with Crippen LogP contribution in [0.2, 0.25) is 19.6 Å². The second-order valence-electron chi connectivity index (χ2n) is 8.15. The van der Waals surface area contributed by atoms with Gasteiger partial charge in [0.2, 0.25) is 8.32 Å². The van der Waals surface area contributed by atoms with Crippen molar-refractivity contribution in [2.75, 3.05) is 0 Å². The minimum Gasteiger partial charge on any atom is -0.520 e. The molecule has 1 aliphatic rings. The Morgan fingerprint density at radius 1 is 1.20 bits per heavy atom. The third-order valence-electron chi connectivity index (χ3n) is 4.44. The van der Waals surface area contributed by atoms with E-state index >= 15 is 0 Å². The van der Waals surface area contributed by atoms with E-state index in [1.807, 2.05) is 0 Å². The van der Waals surface area contributed by atoms with Gasteiger partial charge in [0.25, 0.3) is 5.95 Å². The van der Waals surface area contributed by atoms with Gasteiger partial charge in [0.1, 0.15) is 6.10 Å². The lowest BCUT2D eigenvalue weighted by molar-refractivity contribution is -0.0293. The molecular weight excluding hydrogens is 264 g/mol. The van der Waals surface area contributed by atoms with Gasteiger partial charge in [-0.15, -0.1) is 0 Å². The van der Waals surface area contributed by atoms with Crippen molar-refractivity contribution < 1.29 is 9.16 Å². The summed E-state index contributed by atoms with van der Waals surface area (Å²) in [5.74, 6) is 1.50. The second kappa shape index (κ2) is 6.55. The SMILES string of the molecule is CC(C)=C(OC1CCCC(C)(C(C)C)C1)O[Si](C)(C)C. The maximum Gasteiger partial charge on any atom is 0.264 e. The maximum absolute atomic E-state index is 6.27. The Hall–Kier alpha value is -0.443. The van der Waals surface area contributed by atoms with Crippen LogP contribution in [-0.2, 0) is 9.16 Å². The lowest BCUT2D eigenvalue weighted by atomic mass is 9.67. The van der Waals surface area contributed by atoms with Crippen molar-refractivity contribution in [3.8, 4) is 0 Å². The van der Waals surface area contributed by atoms with E-state index in [1.54, 1.807) is 0 Å². The van der Waals surface area contributed by atoms with E-state index in [1.165, 1.54) is 12.8 Å². The fraction of sp³-hybridized carbons (Fsp3) is 0.882. The Balaban J connectivity index is 2.73. The lowest BCUT2D eigenvalue weighted by Crippen LogP contribution is -2.35. The molecule has 1 aliphatic carbocycles. The standard InChI is InChI=1S/C17H34O2Si/c1-13(2)16(19-20(6,7)8)18-15-10-9-11-17(5,12-15)14(3)4/h14-15H,9-12H2,1-8H3. The Bertz CT molecular complexity index is 350. The van der Waals surface area contributed by atoms with Gasteiger partial charge in [-0.1, -0.05) is 20.8 Å². The fourth-order valence-corrected chi connectivity index (χ4v) is 3.56. The van der Waals surface area contributed by atoms with Gasteiger partial charge in [0, 0.05) is 5.57 Å². The van der Waals surface area contributed by atoms with E-state index in [0.29, 0.717) is 17.4 Å². The summed E-state index contributed by atoms with van der Waals surface area (Å²) in [4.78, 5) is 0. The highest BCUT2D eigenvalue weighted by Gasteiger charge is 2.36. The largest absolute Gasteiger partial charge is 0.520 e. The molecule has 1 fully saturated rings. The summed E-state index contributed by atoms with van der Waals surface area (Å²) in [5.41, 5.74) is 1.57. The molecule has 0 aromatic carbocycles. The average molecular weight is 299 g/mol. The molecule has 0 aromatic rings. The highest BCUT2D eigenvalue weighted by molar-refractivity contribution is 6.70. The Kier molecular flexibility index (Phi) is 5.76. The van der Waals surface area contributed by atoms with E-state index in [0.717, 1.165) is 24.4 Å². The molecule has 0 aromatic heterocycles. The number of hydrogen-bond donors (Lipinski definition) is 0. The fourth-order valence-electron chi connectivity index (χ4n) is 2.76. The summed E-state index contributed by atoms with van der Waals surface area (Å²) in [6.07, 6.45) is 5.22. The van der Waals surface area contributed by atoms with Gasteiger partial charge in [-0.05, 0) is 70.5 Å². The minimum atomic E-state index is -1.61. The molecule has 118 valence electrons. The molecule has 0 bridgehead atoms. The van der Waals surface area contributed by atoms with Crippen LogP contribution in [0.1, 0.15) is 60.3 Å². The molecular formula is C17H34O2Si. The molecule has 0 N–H and O–H groups in total. The summed E-state index contributed by atoms with van der Waals surface area (Å²) < 4.78 is 12.4. The zero-order chi connectivity index (χ0) is 15.6. The predicted molar refractivity (Wildman–Crippen MR) is 89.1 cm³/mol. The Morgan fingerprint density at radius 2 is 1.80 bits per heavy atom. The van der Waals surface area contributed by atoms with Gasteiger partial charge in [-0.3, -0.25) is 0 Å². The van der Waals surface area contributed by atoms with Crippen LogP contribution in [0.15, 0.2) is 11.5 Å². The molecule has 0 amide bonds. The van der Waals surface area contributed by atoms with Crippen molar-refractivity contribution in [2.45, 2.75) is 86.0 Å². The Labute approximate surface area is 127 Å². The predicted octanol–water partition coefficient (Wildman–Crippen LogP) is 5.71. The van der Waals surface area contributed by atoms with E-state index in [9.17, 15) is 0 Å². The molecule has 0 saturated heterocycles. The lowest BCUT2D eigenvalue weighted by Gasteiger charge is -2.41. The van der Waals surface area contributed by atoms with Crippen molar-refractivity contribution >= 4 is 8.32 Å². The number of ether oxygens (including phenoxy) is 1. The van der Waals surface area contributed by atoms with Crippen molar-refractivity contribution in [1.82, 2.24) is 0 Å². The van der Waals surface area contributed by atoms with Gasteiger partial charge in [0.05, 0.1) is 0 Å². The smallest absolute Gasteiger partial charge is 0.264 e. The molecule has 3 heteroatoms. The zero-order valence-corrected chi connectivity index (χ0v) is 15.8. The molecule has 2 atom stereocenters. The zero-order valence-electron chi connectivity index (χ0n) is 14.8. The Morgan fingerprint density at radius 3 is 2.25 bits per heavy atom. The van der Waals surface area contributed by atoms with Crippen LogP contribution in [-0.4, -0.2) is 14.4 Å². The van der Waals surface area contributed by atoms with Crippen molar-refractivity contribution in [3.63, 3.8) is 0 Å². The van der Waals surface area contributed by atoms with Crippen molar-refractivity contribution in [2.24, 2.45) is 11.3 Å². The van der Waals surface area contributed by atoms with Gasteiger partial charge < -0.3 is 9.16 Å². The van der Waals surface area contributed by atoms with Gasteiger partial charge >= 0.3 is 0 Å². The molecule has 2 unspecified atom stereocenters. The molecule has 1 saturated carbocycles. The first-order valence-corrected chi connectivity index (χ1v) is 11.5. The van der Waals surface area contributed by atoms with Crippen LogP contribution in [0, 0.1) is 11.3 Å². The first-order valence-electron chi connectivity index (χ1n) is 8.07. The molecule has 0 aliphatic heterocycles. The van der Waals surface area contributed by atoms with Gasteiger partial charge in [0.15, 0.2) is 0 Å².